The van der Waals surface area contributed by atoms with Crippen LogP contribution in [0.4, 0.5) is 0 Å². The van der Waals surface area contributed by atoms with E-state index in [1.165, 1.54) is 38.8 Å². The van der Waals surface area contributed by atoms with Gasteiger partial charge in [-0.1, -0.05) is 6.42 Å². The van der Waals surface area contributed by atoms with Crippen LogP contribution in [0.3, 0.4) is 0 Å². The molecule has 3 saturated heterocycles. The zero-order valence-electron chi connectivity index (χ0n) is 19.8. The topological polar surface area (TPSA) is 93.5 Å². The van der Waals surface area contributed by atoms with Crippen molar-refractivity contribution in [2.75, 3.05) is 38.2 Å². The summed E-state index contributed by atoms with van der Waals surface area (Å²) < 4.78 is 31.3. The third-order valence-corrected chi connectivity index (χ3v) is 9.41. The summed E-state index contributed by atoms with van der Waals surface area (Å²) in [5.74, 6) is 1.22. The standard InChI is InChI=1S/C25H34N4O4S/c1-33-21-9-7-18(8-10-21)24-15-22(27-29(24)20-11-14-34(31,32)17-20)25(30)26-16-19-5-4-13-28-12-3-2-6-23(19)28/h7-10,15,19-20,23H,2-6,11-14,16-17H2,1H3,(H,26,30)/t19-,20-,23-/m0/s1. The molecule has 1 aromatic heterocycles. The van der Waals surface area contributed by atoms with Gasteiger partial charge >= 0.3 is 0 Å². The van der Waals surface area contributed by atoms with Crippen molar-refractivity contribution in [2.45, 2.75) is 50.6 Å². The lowest BCUT2D eigenvalue weighted by molar-refractivity contribution is 0.0575. The van der Waals surface area contributed by atoms with Crippen LogP contribution in [0.25, 0.3) is 11.3 Å². The minimum absolute atomic E-state index is 0.0541. The molecule has 0 spiro atoms. The van der Waals surface area contributed by atoms with Crippen LogP contribution in [0.15, 0.2) is 30.3 Å². The molecule has 0 saturated carbocycles. The maximum atomic E-state index is 13.1. The number of carbonyl (C=O) groups excluding carboxylic acids is 1. The molecule has 0 radical (unpaired) electrons. The van der Waals surface area contributed by atoms with Crippen molar-refractivity contribution >= 4 is 15.7 Å². The molecule has 34 heavy (non-hydrogen) atoms. The summed E-state index contributed by atoms with van der Waals surface area (Å²) in [4.78, 5) is 15.7. The summed E-state index contributed by atoms with van der Waals surface area (Å²) in [6.45, 7) is 3.01. The third kappa shape index (κ3) is 4.86. The second kappa shape index (κ2) is 9.70. The molecule has 3 aliphatic rings. The summed E-state index contributed by atoms with van der Waals surface area (Å²) in [5.41, 5.74) is 1.97. The van der Waals surface area contributed by atoms with Crippen molar-refractivity contribution in [1.82, 2.24) is 20.0 Å². The molecule has 184 valence electrons. The molecule has 9 heteroatoms. The number of carbonyl (C=O) groups is 1. The Bertz CT molecular complexity index is 1130. The predicted molar refractivity (Wildman–Crippen MR) is 131 cm³/mol. The molecule has 3 atom stereocenters. The summed E-state index contributed by atoms with van der Waals surface area (Å²) in [6.07, 6.45) is 6.60. The van der Waals surface area contributed by atoms with E-state index >= 15 is 0 Å². The van der Waals surface area contributed by atoms with Crippen LogP contribution >= 0.6 is 0 Å². The zero-order chi connectivity index (χ0) is 23.7. The fourth-order valence-electron chi connectivity index (χ4n) is 5.86. The number of fused-ring (bicyclic) bond motifs is 1. The van der Waals surface area contributed by atoms with Crippen molar-refractivity contribution in [3.8, 4) is 17.0 Å². The highest BCUT2D eigenvalue weighted by Gasteiger charge is 2.34. The van der Waals surface area contributed by atoms with Crippen molar-refractivity contribution in [3.05, 3.63) is 36.0 Å². The quantitative estimate of drug-likeness (QED) is 0.675. The molecule has 1 amide bonds. The van der Waals surface area contributed by atoms with Crippen LogP contribution in [0.2, 0.25) is 0 Å². The van der Waals surface area contributed by atoms with E-state index in [1.54, 1.807) is 17.9 Å². The Morgan fingerprint density at radius 2 is 1.91 bits per heavy atom. The normalized spacial score (nSPS) is 26.7. The number of nitrogens with zero attached hydrogens (tertiary/aromatic N) is 3. The number of ether oxygens (including phenoxy) is 1. The zero-order valence-corrected chi connectivity index (χ0v) is 20.6. The predicted octanol–water partition coefficient (Wildman–Crippen LogP) is 2.91. The molecule has 2 aromatic rings. The molecule has 0 aliphatic carbocycles. The number of nitrogens with one attached hydrogen (secondary N) is 1. The lowest BCUT2D eigenvalue weighted by Gasteiger charge is -2.44. The van der Waals surface area contributed by atoms with Gasteiger partial charge in [-0.2, -0.15) is 5.10 Å². The second-order valence-corrected chi connectivity index (χ2v) is 12.1. The summed E-state index contributed by atoms with van der Waals surface area (Å²) in [6, 6.07) is 9.63. The molecule has 1 aromatic carbocycles. The van der Waals surface area contributed by atoms with Crippen LogP contribution < -0.4 is 10.1 Å². The number of benzene rings is 1. The molecule has 4 heterocycles. The first-order valence-corrected chi connectivity index (χ1v) is 14.2. The summed E-state index contributed by atoms with van der Waals surface area (Å²) in [5, 5.41) is 7.76. The number of sulfone groups is 1. The number of hydrogen-bond donors (Lipinski definition) is 1. The first-order chi connectivity index (χ1) is 16.4. The maximum absolute atomic E-state index is 13.1. The fourth-order valence-corrected chi connectivity index (χ4v) is 7.55. The largest absolute Gasteiger partial charge is 0.497 e. The molecule has 5 rings (SSSR count). The average Bonchev–Trinajstić information content (AvgIpc) is 3.46. The Kier molecular flexibility index (Phi) is 6.66. The van der Waals surface area contributed by atoms with Crippen LogP contribution in [0.1, 0.15) is 55.1 Å². The second-order valence-electron chi connectivity index (χ2n) is 9.86. The van der Waals surface area contributed by atoms with E-state index in [4.69, 9.17) is 4.74 Å². The summed E-state index contributed by atoms with van der Waals surface area (Å²) >= 11 is 0. The van der Waals surface area contributed by atoms with E-state index in [2.05, 4.69) is 15.3 Å². The number of amides is 1. The number of aromatic nitrogens is 2. The van der Waals surface area contributed by atoms with Crippen LogP contribution in [0.5, 0.6) is 5.75 Å². The highest BCUT2D eigenvalue weighted by Crippen LogP contribution is 2.32. The van der Waals surface area contributed by atoms with Crippen molar-refractivity contribution in [1.29, 1.82) is 0 Å². The lowest BCUT2D eigenvalue weighted by Crippen LogP contribution is -2.51. The van der Waals surface area contributed by atoms with Gasteiger partial charge in [-0.3, -0.25) is 9.48 Å². The van der Waals surface area contributed by atoms with Gasteiger partial charge in [0.05, 0.1) is 30.4 Å². The number of methoxy groups -OCH3 is 1. The van der Waals surface area contributed by atoms with Gasteiger partial charge in [0.25, 0.3) is 5.91 Å². The van der Waals surface area contributed by atoms with Crippen LogP contribution in [-0.2, 0) is 9.84 Å². The highest BCUT2D eigenvalue weighted by atomic mass is 32.2. The number of hydrogen-bond acceptors (Lipinski definition) is 6. The van der Waals surface area contributed by atoms with Gasteiger partial charge in [0.1, 0.15) is 5.75 Å². The third-order valence-electron chi connectivity index (χ3n) is 7.66. The molecule has 8 nitrogen and oxygen atoms in total. The van der Waals surface area contributed by atoms with E-state index < -0.39 is 9.84 Å². The van der Waals surface area contributed by atoms with Crippen LogP contribution in [-0.4, -0.2) is 73.3 Å². The van der Waals surface area contributed by atoms with E-state index in [9.17, 15) is 13.2 Å². The maximum Gasteiger partial charge on any atom is 0.271 e. The smallest absolute Gasteiger partial charge is 0.271 e. The van der Waals surface area contributed by atoms with E-state index in [1.807, 2.05) is 24.3 Å². The Hall–Kier alpha value is -2.39. The Morgan fingerprint density at radius 1 is 1.12 bits per heavy atom. The van der Waals surface area contributed by atoms with Crippen molar-refractivity contribution < 1.29 is 17.9 Å². The van der Waals surface area contributed by atoms with Crippen LogP contribution in [0, 0.1) is 5.92 Å². The Morgan fingerprint density at radius 3 is 2.65 bits per heavy atom. The Labute approximate surface area is 201 Å². The van der Waals surface area contributed by atoms with Crippen molar-refractivity contribution in [3.63, 3.8) is 0 Å². The van der Waals surface area contributed by atoms with E-state index in [0.717, 1.165) is 23.4 Å². The van der Waals surface area contributed by atoms with Gasteiger partial charge in [-0.25, -0.2) is 8.42 Å². The molecular weight excluding hydrogens is 452 g/mol. The monoisotopic (exact) mass is 486 g/mol. The lowest BCUT2D eigenvalue weighted by atomic mass is 9.83. The minimum Gasteiger partial charge on any atom is -0.497 e. The van der Waals surface area contributed by atoms with Gasteiger partial charge in [-0.05, 0) is 81.4 Å². The van der Waals surface area contributed by atoms with E-state index in [0.29, 0.717) is 30.6 Å². The molecule has 1 N–H and O–H groups in total. The molecule has 3 fully saturated rings. The summed E-state index contributed by atoms with van der Waals surface area (Å²) in [7, 11) is -1.47. The van der Waals surface area contributed by atoms with Gasteiger partial charge in [0.15, 0.2) is 15.5 Å². The first-order valence-electron chi connectivity index (χ1n) is 12.4. The van der Waals surface area contributed by atoms with Gasteiger partial charge < -0.3 is 15.0 Å². The number of rotatable bonds is 6. The van der Waals surface area contributed by atoms with Crippen molar-refractivity contribution in [2.24, 2.45) is 5.92 Å². The minimum atomic E-state index is -3.09. The van der Waals surface area contributed by atoms with Gasteiger partial charge in [0, 0.05) is 18.2 Å². The first kappa shape index (κ1) is 23.4. The SMILES string of the molecule is COc1ccc(-c2cc(C(=O)NC[C@@H]3CCCN4CCCC[C@@H]34)nn2[C@H]2CCS(=O)(=O)C2)cc1. The number of piperidine rings is 2. The molecule has 0 bridgehead atoms. The fraction of sp³-hybridized carbons (Fsp3) is 0.600. The highest BCUT2D eigenvalue weighted by molar-refractivity contribution is 7.91. The van der Waals surface area contributed by atoms with E-state index in [-0.39, 0.29) is 23.5 Å². The van der Waals surface area contributed by atoms with Gasteiger partial charge in [-0.15, -0.1) is 0 Å². The molecule has 0 unspecified atom stereocenters. The molecular formula is C25H34N4O4S. The Balaban J connectivity index is 1.36. The molecule has 3 aliphatic heterocycles. The average molecular weight is 487 g/mol. The van der Waals surface area contributed by atoms with Gasteiger partial charge in [0.2, 0.25) is 0 Å².